The van der Waals surface area contributed by atoms with E-state index in [1.807, 2.05) is 24.3 Å². The minimum absolute atomic E-state index is 0.0771. The Morgan fingerprint density at radius 3 is 2.54 bits per heavy atom. The van der Waals surface area contributed by atoms with Gasteiger partial charge in [-0.2, -0.15) is 0 Å². The maximum absolute atomic E-state index is 12.8. The van der Waals surface area contributed by atoms with Crippen LogP contribution in [0.2, 0.25) is 0 Å². The minimum atomic E-state index is -0.510. The molecule has 1 aliphatic heterocycles. The number of amides is 1. The van der Waals surface area contributed by atoms with Crippen LogP contribution in [0.4, 0.5) is 0 Å². The van der Waals surface area contributed by atoms with Crippen LogP contribution in [0, 0.1) is 0 Å². The first-order chi connectivity index (χ1) is 11.4. The van der Waals surface area contributed by atoms with Gasteiger partial charge in [-0.25, -0.2) is 4.79 Å². The van der Waals surface area contributed by atoms with Crippen molar-refractivity contribution in [2.75, 3.05) is 13.7 Å². The van der Waals surface area contributed by atoms with Crippen molar-refractivity contribution in [3.63, 3.8) is 0 Å². The van der Waals surface area contributed by atoms with Gasteiger partial charge >= 0.3 is 5.69 Å². The zero-order valence-electron chi connectivity index (χ0n) is 13.9. The Bertz CT molecular complexity index is 913. The van der Waals surface area contributed by atoms with Gasteiger partial charge in [0.05, 0.1) is 13.2 Å². The van der Waals surface area contributed by atoms with E-state index in [-0.39, 0.29) is 17.6 Å². The van der Waals surface area contributed by atoms with E-state index < -0.39 is 11.2 Å². The number of carbonyl (C=O) groups is 1. The quantitative estimate of drug-likeness (QED) is 0.830. The third-order valence-corrected chi connectivity index (χ3v) is 4.50. The van der Waals surface area contributed by atoms with Gasteiger partial charge in [-0.15, -0.1) is 0 Å². The van der Waals surface area contributed by atoms with Crippen LogP contribution in [-0.4, -0.2) is 33.6 Å². The highest BCUT2D eigenvalue weighted by molar-refractivity contribution is 5.93. The number of aromatic nitrogens is 2. The lowest BCUT2D eigenvalue weighted by Crippen LogP contribution is -2.48. The molecule has 7 nitrogen and oxygen atoms in total. The summed E-state index contributed by atoms with van der Waals surface area (Å²) in [5.74, 6) is 0.416. The number of rotatable bonds is 3. The highest BCUT2D eigenvalue weighted by Crippen LogP contribution is 2.35. The zero-order valence-corrected chi connectivity index (χ0v) is 13.9. The van der Waals surface area contributed by atoms with E-state index >= 15 is 0 Å². The summed E-state index contributed by atoms with van der Waals surface area (Å²) in [5.41, 5.74) is 0.0858. The van der Waals surface area contributed by atoms with Gasteiger partial charge in [0, 0.05) is 26.7 Å². The van der Waals surface area contributed by atoms with Crippen molar-refractivity contribution in [1.29, 1.82) is 0 Å². The molecular formula is C17H19N3O4. The lowest BCUT2D eigenvalue weighted by molar-refractivity contribution is 0.0447. The molecule has 3 rings (SSSR count). The van der Waals surface area contributed by atoms with Gasteiger partial charge in [-0.05, 0) is 24.1 Å². The topological polar surface area (TPSA) is 73.5 Å². The average Bonchev–Trinajstić information content (AvgIpc) is 2.55. The molecule has 0 spiro atoms. The molecule has 0 radical (unpaired) electrons. The van der Waals surface area contributed by atoms with Crippen molar-refractivity contribution in [1.82, 2.24) is 14.0 Å². The van der Waals surface area contributed by atoms with E-state index in [1.54, 1.807) is 12.0 Å². The molecule has 0 N–H and O–H groups in total. The molecular weight excluding hydrogens is 310 g/mol. The maximum atomic E-state index is 12.8. The second-order valence-corrected chi connectivity index (χ2v) is 5.85. The van der Waals surface area contributed by atoms with Gasteiger partial charge in [-0.1, -0.05) is 12.1 Å². The number of hydrogen-bond acceptors (Lipinski definition) is 4. The minimum Gasteiger partial charge on any atom is -0.497 e. The van der Waals surface area contributed by atoms with Crippen LogP contribution in [0.3, 0.4) is 0 Å². The predicted molar refractivity (Wildman–Crippen MR) is 88.3 cm³/mol. The van der Waals surface area contributed by atoms with Crippen molar-refractivity contribution in [2.24, 2.45) is 14.1 Å². The summed E-state index contributed by atoms with van der Waals surface area (Å²) in [6, 6.07) is 8.70. The largest absolute Gasteiger partial charge is 0.497 e. The van der Waals surface area contributed by atoms with Crippen LogP contribution in [0.1, 0.15) is 28.5 Å². The second kappa shape index (κ2) is 5.99. The number of ether oxygens (including phenoxy) is 1. The molecule has 0 saturated carbocycles. The third kappa shape index (κ3) is 2.51. The van der Waals surface area contributed by atoms with Gasteiger partial charge in [0.25, 0.3) is 11.5 Å². The van der Waals surface area contributed by atoms with Crippen molar-refractivity contribution in [3.8, 4) is 5.75 Å². The summed E-state index contributed by atoms with van der Waals surface area (Å²) < 4.78 is 7.42. The van der Waals surface area contributed by atoms with Gasteiger partial charge in [0.2, 0.25) is 0 Å². The molecule has 1 fully saturated rings. The van der Waals surface area contributed by atoms with Crippen LogP contribution in [0.5, 0.6) is 5.75 Å². The molecule has 0 aliphatic carbocycles. The Balaban J connectivity index is 1.94. The van der Waals surface area contributed by atoms with Gasteiger partial charge in [0.1, 0.15) is 11.4 Å². The summed E-state index contributed by atoms with van der Waals surface area (Å²) in [6.07, 6.45) is 0.831. The van der Waals surface area contributed by atoms with E-state index in [0.29, 0.717) is 6.54 Å². The lowest BCUT2D eigenvalue weighted by Gasteiger charge is -2.41. The molecule has 1 saturated heterocycles. The number of likely N-dealkylation sites (tertiary alicyclic amines) is 1. The first-order valence-corrected chi connectivity index (χ1v) is 7.66. The number of methoxy groups -OCH3 is 1. The smallest absolute Gasteiger partial charge is 0.331 e. The number of carbonyl (C=O) groups excluding carboxylic acids is 1. The van der Waals surface area contributed by atoms with Gasteiger partial charge in [0.15, 0.2) is 0 Å². The molecule has 24 heavy (non-hydrogen) atoms. The molecule has 1 aromatic carbocycles. The normalized spacial score (nSPS) is 16.6. The molecule has 1 amide bonds. The predicted octanol–water partition coefficient (Wildman–Crippen LogP) is 0.680. The fourth-order valence-electron chi connectivity index (χ4n) is 2.91. The fraction of sp³-hybridized carbons (Fsp3) is 0.353. The Morgan fingerprint density at radius 2 is 1.92 bits per heavy atom. The van der Waals surface area contributed by atoms with Crippen molar-refractivity contribution < 1.29 is 9.53 Å². The Morgan fingerprint density at radius 1 is 1.17 bits per heavy atom. The number of hydrogen-bond donors (Lipinski definition) is 0. The van der Waals surface area contributed by atoms with Crippen LogP contribution in [-0.2, 0) is 14.1 Å². The molecule has 126 valence electrons. The monoisotopic (exact) mass is 329 g/mol. The second-order valence-electron chi connectivity index (χ2n) is 5.85. The molecule has 0 unspecified atom stereocenters. The molecule has 2 heterocycles. The summed E-state index contributed by atoms with van der Waals surface area (Å²) in [6.45, 7) is 0.587. The van der Waals surface area contributed by atoms with Gasteiger partial charge < -0.3 is 9.64 Å². The zero-order chi connectivity index (χ0) is 17.4. The SMILES string of the molecule is COc1cccc([C@H]2CCN2C(=O)c2cc(=O)n(C)c(=O)n2C)c1. The van der Waals surface area contributed by atoms with Crippen LogP contribution >= 0.6 is 0 Å². The van der Waals surface area contributed by atoms with Crippen molar-refractivity contribution >= 4 is 5.91 Å². The van der Waals surface area contributed by atoms with E-state index in [1.165, 1.54) is 24.7 Å². The molecule has 7 heteroatoms. The molecule has 1 aliphatic rings. The summed E-state index contributed by atoms with van der Waals surface area (Å²) in [7, 11) is 4.48. The van der Waals surface area contributed by atoms with Crippen molar-refractivity contribution in [3.05, 3.63) is 62.4 Å². The summed E-state index contributed by atoms with van der Waals surface area (Å²) >= 11 is 0. The standard InChI is InChI=1S/C17H19N3O4/c1-18-14(10-15(21)19(2)17(18)23)16(22)20-8-7-13(20)11-5-4-6-12(9-11)24-3/h4-6,9-10,13H,7-8H2,1-3H3/t13-/m1/s1. The lowest BCUT2D eigenvalue weighted by atomic mass is 9.94. The van der Waals surface area contributed by atoms with Crippen LogP contribution < -0.4 is 16.0 Å². The fourth-order valence-corrected chi connectivity index (χ4v) is 2.91. The highest BCUT2D eigenvalue weighted by Gasteiger charge is 2.35. The molecule has 0 bridgehead atoms. The van der Waals surface area contributed by atoms with Crippen molar-refractivity contribution in [2.45, 2.75) is 12.5 Å². The van der Waals surface area contributed by atoms with E-state index in [2.05, 4.69) is 0 Å². The highest BCUT2D eigenvalue weighted by atomic mass is 16.5. The Hall–Kier alpha value is -2.83. The van der Waals surface area contributed by atoms with E-state index in [4.69, 9.17) is 4.74 Å². The Kier molecular flexibility index (Phi) is 4.01. The number of benzene rings is 1. The average molecular weight is 329 g/mol. The van der Waals surface area contributed by atoms with Crippen LogP contribution in [0.15, 0.2) is 39.9 Å². The molecule has 1 aromatic heterocycles. The first kappa shape index (κ1) is 16.0. The Labute approximate surface area is 138 Å². The summed E-state index contributed by atoms with van der Waals surface area (Å²) in [5, 5.41) is 0. The molecule has 1 atom stereocenters. The maximum Gasteiger partial charge on any atom is 0.331 e. The van der Waals surface area contributed by atoms with Gasteiger partial charge in [-0.3, -0.25) is 18.7 Å². The van der Waals surface area contributed by atoms with E-state index in [9.17, 15) is 14.4 Å². The number of nitrogens with zero attached hydrogens (tertiary/aromatic N) is 3. The first-order valence-electron chi connectivity index (χ1n) is 7.66. The molecule has 2 aromatic rings. The van der Waals surface area contributed by atoms with Crippen LogP contribution in [0.25, 0.3) is 0 Å². The summed E-state index contributed by atoms with van der Waals surface area (Å²) in [4.78, 5) is 38.3. The van der Waals surface area contributed by atoms with E-state index in [0.717, 1.165) is 22.3 Å². The third-order valence-electron chi connectivity index (χ3n) is 4.50.